The van der Waals surface area contributed by atoms with Crippen LogP contribution in [0.3, 0.4) is 0 Å². The number of hydrogen-bond acceptors (Lipinski definition) is 6. The molecule has 0 fully saturated rings. The number of hydrogen-bond donors (Lipinski definition) is 2. The number of amides is 1. The quantitative estimate of drug-likeness (QED) is 0.474. The molecule has 142 valence electrons. The maximum absolute atomic E-state index is 12.1. The van der Waals surface area contributed by atoms with Crippen LogP contribution in [-0.4, -0.2) is 54.2 Å². The largest absolute Gasteiger partial charge is 0.385 e. The van der Waals surface area contributed by atoms with E-state index >= 15 is 0 Å². The lowest BCUT2D eigenvalue weighted by atomic mass is 10.2. The van der Waals surface area contributed by atoms with Crippen molar-refractivity contribution in [3.63, 3.8) is 0 Å². The highest BCUT2D eigenvalue weighted by molar-refractivity contribution is 7.99. The van der Waals surface area contributed by atoms with Gasteiger partial charge in [-0.15, -0.1) is 5.10 Å². The van der Waals surface area contributed by atoms with Gasteiger partial charge < -0.3 is 15.0 Å². The van der Waals surface area contributed by atoms with Gasteiger partial charge in [-0.2, -0.15) is 0 Å². The molecule has 1 aromatic carbocycles. The van der Waals surface area contributed by atoms with Crippen LogP contribution in [0.1, 0.15) is 12.0 Å². The third-order valence-electron chi connectivity index (χ3n) is 3.73. The number of thioether (sulfide) groups is 1. The standard InChI is InChI=1S/C17H25N5O3S/c1-21(2)14-7-5-13(6-8-14)11-18-15(23)12-26-17-20-19-16(24)22(17)9-4-10-25-3/h5-8H,4,9-12H2,1-3H3,(H,18,23)(H,19,24). The molecular formula is C17H25N5O3S. The average Bonchev–Trinajstić information content (AvgIpc) is 2.99. The molecule has 0 saturated heterocycles. The normalized spacial score (nSPS) is 10.7. The molecule has 2 N–H and O–H groups in total. The molecule has 0 aliphatic rings. The Balaban J connectivity index is 1.81. The fraction of sp³-hybridized carbons (Fsp3) is 0.471. The maximum atomic E-state index is 12.1. The van der Waals surface area contributed by atoms with Crippen LogP contribution >= 0.6 is 11.8 Å². The molecule has 0 spiro atoms. The first-order valence-electron chi connectivity index (χ1n) is 8.31. The lowest BCUT2D eigenvalue weighted by Crippen LogP contribution is -2.25. The summed E-state index contributed by atoms with van der Waals surface area (Å²) >= 11 is 1.24. The van der Waals surface area contributed by atoms with Crippen molar-refractivity contribution < 1.29 is 9.53 Å². The van der Waals surface area contributed by atoms with Crippen LogP contribution in [0.2, 0.25) is 0 Å². The second-order valence-corrected chi connectivity index (χ2v) is 6.88. The summed E-state index contributed by atoms with van der Waals surface area (Å²) < 4.78 is 6.52. The van der Waals surface area contributed by atoms with Gasteiger partial charge in [-0.3, -0.25) is 9.36 Å². The predicted octanol–water partition coefficient (Wildman–Crippen LogP) is 1.08. The summed E-state index contributed by atoms with van der Waals surface area (Å²) in [7, 11) is 5.59. The molecule has 2 rings (SSSR count). The van der Waals surface area contributed by atoms with Gasteiger partial charge >= 0.3 is 5.69 Å². The summed E-state index contributed by atoms with van der Waals surface area (Å²) in [4.78, 5) is 25.8. The second-order valence-electron chi connectivity index (χ2n) is 5.94. The van der Waals surface area contributed by atoms with Crippen molar-refractivity contribution in [2.75, 3.05) is 38.5 Å². The summed E-state index contributed by atoms with van der Waals surface area (Å²) in [5, 5.41) is 9.78. The number of nitrogens with zero attached hydrogens (tertiary/aromatic N) is 3. The van der Waals surface area contributed by atoms with Crippen molar-refractivity contribution in [1.82, 2.24) is 20.1 Å². The number of ether oxygens (including phenoxy) is 1. The maximum Gasteiger partial charge on any atom is 0.343 e. The second kappa shape index (κ2) is 10.0. The Bertz CT molecular complexity index is 755. The van der Waals surface area contributed by atoms with Crippen LogP contribution in [-0.2, 0) is 22.6 Å². The van der Waals surface area contributed by atoms with E-state index in [1.807, 2.05) is 43.3 Å². The van der Waals surface area contributed by atoms with E-state index in [4.69, 9.17) is 4.74 Å². The molecular weight excluding hydrogens is 354 g/mol. The topological polar surface area (TPSA) is 92.2 Å². The number of rotatable bonds is 10. The van der Waals surface area contributed by atoms with Gasteiger partial charge in [-0.1, -0.05) is 23.9 Å². The number of anilines is 1. The number of carbonyl (C=O) groups excluding carboxylic acids is 1. The van der Waals surface area contributed by atoms with E-state index < -0.39 is 0 Å². The van der Waals surface area contributed by atoms with Crippen LogP contribution < -0.4 is 15.9 Å². The van der Waals surface area contributed by atoms with Gasteiger partial charge in [0.25, 0.3) is 0 Å². The van der Waals surface area contributed by atoms with Crippen LogP contribution in [0.15, 0.2) is 34.2 Å². The van der Waals surface area contributed by atoms with E-state index in [-0.39, 0.29) is 17.3 Å². The summed E-state index contributed by atoms with van der Waals surface area (Å²) in [5.41, 5.74) is 1.87. The van der Waals surface area contributed by atoms with Gasteiger partial charge in [-0.05, 0) is 24.1 Å². The van der Waals surface area contributed by atoms with Crippen molar-refractivity contribution in [2.45, 2.75) is 24.7 Å². The van der Waals surface area contributed by atoms with Crippen molar-refractivity contribution in [3.8, 4) is 0 Å². The number of H-pyrrole nitrogens is 1. The van der Waals surface area contributed by atoms with Gasteiger partial charge in [0.15, 0.2) is 5.16 Å². The molecule has 1 heterocycles. The molecule has 2 aromatic rings. The zero-order valence-electron chi connectivity index (χ0n) is 15.3. The van der Waals surface area contributed by atoms with Crippen LogP contribution in [0.4, 0.5) is 5.69 Å². The van der Waals surface area contributed by atoms with Crippen LogP contribution in [0.25, 0.3) is 0 Å². The fourth-order valence-electron chi connectivity index (χ4n) is 2.27. The molecule has 0 bridgehead atoms. The number of aromatic nitrogens is 3. The number of benzene rings is 1. The van der Waals surface area contributed by atoms with E-state index in [2.05, 4.69) is 15.5 Å². The van der Waals surface area contributed by atoms with Crippen LogP contribution in [0, 0.1) is 0 Å². The number of aromatic amines is 1. The van der Waals surface area contributed by atoms with Gasteiger partial charge in [-0.25, -0.2) is 9.89 Å². The molecule has 0 saturated carbocycles. The average molecular weight is 379 g/mol. The number of methoxy groups -OCH3 is 1. The molecule has 1 amide bonds. The summed E-state index contributed by atoms with van der Waals surface area (Å²) in [6, 6.07) is 8.01. The van der Waals surface area contributed by atoms with Crippen molar-refractivity contribution in [3.05, 3.63) is 40.3 Å². The summed E-state index contributed by atoms with van der Waals surface area (Å²) in [5.74, 6) is 0.0928. The first-order chi connectivity index (χ1) is 12.5. The van der Waals surface area contributed by atoms with Crippen LogP contribution in [0.5, 0.6) is 0 Å². The molecule has 26 heavy (non-hydrogen) atoms. The minimum absolute atomic E-state index is 0.106. The molecule has 0 aliphatic carbocycles. The minimum atomic E-state index is -0.273. The molecule has 1 aromatic heterocycles. The van der Waals surface area contributed by atoms with Crippen molar-refractivity contribution in [2.24, 2.45) is 0 Å². The van der Waals surface area contributed by atoms with E-state index in [0.29, 0.717) is 31.3 Å². The Hall–Kier alpha value is -2.26. The highest BCUT2D eigenvalue weighted by Crippen LogP contribution is 2.14. The van der Waals surface area contributed by atoms with E-state index in [0.717, 1.165) is 11.3 Å². The van der Waals surface area contributed by atoms with Gasteiger partial charge in [0.2, 0.25) is 5.91 Å². The molecule has 0 radical (unpaired) electrons. The zero-order valence-corrected chi connectivity index (χ0v) is 16.1. The minimum Gasteiger partial charge on any atom is -0.385 e. The highest BCUT2D eigenvalue weighted by atomic mass is 32.2. The Morgan fingerprint density at radius 2 is 2.08 bits per heavy atom. The highest BCUT2D eigenvalue weighted by Gasteiger charge is 2.11. The van der Waals surface area contributed by atoms with Crippen molar-refractivity contribution in [1.29, 1.82) is 0 Å². The predicted molar refractivity (Wildman–Crippen MR) is 103 cm³/mol. The Morgan fingerprint density at radius 3 is 2.73 bits per heavy atom. The molecule has 9 heteroatoms. The monoisotopic (exact) mass is 379 g/mol. The molecule has 0 aliphatic heterocycles. The first kappa shape index (κ1) is 20.1. The smallest absolute Gasteiger partial charge is 0.343 e. The van der Waals surface area contributed by atoms with Gasteiger partial charge in [0.05, 0.1) is 5.75 Å². The van der Waals surface area contributed by atoms with Gasteiger partial charge in [0.1, 0.15) is 0 Å². The Morgan fingerprint density at radius 1 is 1.35 bits per heavy atom. The third kappa shape index (κ3) is 5.92. The van der Waals surface area contributed by atoms with E-state index in [1.54, 1.807) is 7.11 Å². The molecule has 0 unspecified atom stereocenters. The fourth-order valence-corrected chi connectivity index (χ4v) is 3.07. The van der Waals surface area contributed by atoms with Crippen molar-refractivity contribution >= 4 is 23.4 Å². The summed E-state index contributed by atoms with van der Waals surface area (Å²) in [6.07, 6.45) is 0.707. The van der Waals surface area contributed by atoms with E-state index in [9.17, 15) is 9.59 Å². The zero-order chi connectivity index (χ0) is 18.9. The van der Waals surface area contributed by atoms with Gasteiger partial charge in [0, 0.05) is 46.6 Å². The summed E-state index contributed by atoms with van der Waals surface area (Å²) in [6.45, 7) is 1.54. The number of carbonyl (C=O) groups is 1. The van der Waals surface area contributed by atoms with E-state index in [1.165, 1.54) is 16.3 Å². The number of nitrogens with one attached hydrogen (secondary N) is 2. The molecule has 0 atom stereocenters. The third-order valence-corrected chi connectivity index (χ3v) is 4.70. The first-order valence-corrected chi connectivity index (χ1v) is 9.29. The SMILES string of the molecule is COCCCn1c(SCC(=O)NCc2ccc(N(C)C)cc2)n[nH]c1=O. The lowest BCUT2D eigenvalue weighted by Gasteiger charge is -2.13. The Labute approximate surface area is 156 Å². The Kier molecular flexibility index (Phi) is 7.73. The lowest BCUT2D eigenvalue weighted by molar-refractivity contribution is -0.118. The molecule has 8 nitrogen and oxygen atoms in total.